The largest absolute Gasteiger partial charge is 0.335 e. The van der Waals surface area contributed by atoms with Crippen LogP contribution in [0.15, 0.2) is 59.5 Å². The van der Waals surface area contributed by atoms with Crippen LogP contribution in [0.5, 0.6) is 0 Å². The highest BCUT2D eigenvalue weighted by Crippen LogP contribution is 2.36. The minimum atomic E-state index is -3.41. The number of sulfonamides is 1. The highest BCUT2D eigenvalue weighted by molar-refractivity contribution is 7.89. The summed E-state index contributed by atoms with van der Waals surface area (Å²) in [7, 11) is -3.41. The van der Waals surface area contributed by atoms with Gasteiger partial charge in [0.2, 0.25) is 15.9 Å². The molecule has 2 aromatic rings. The van der Waals surface area contributed by atoms with Crippen molar-refractivity contribution >= 4 is 15.9 Å². The lowest BCUT2D eigenvalue weighted by molar-refractivity contribution is -0.134. The first-order chi connectivity index (χ1) is 15.4. The standard InChI is InChI=1S/C26H34N2O3S/c1-21(24-13-14-24)28(20-23-8-4-2-5-9-23)26(29)17-12-22-10-15-25(16-11-22)32(30,31)27-18-6-3-7-19-27/h2,4-5,8-11,15-16,21,24H,3,6-7,12-14,17-20H2,1H3. The van der Waals surface area contributed by atoms with Crippen LogP contribution in [-0.4, -0.2) is 42.7 Å². The van der Waals surface area contributed by atoms with Crippen molar-refractivity contribution in [1.82, 2.24) is 9.21 Å². The summed E-state index contributed by atoms with van der Waals surface area (Å²) in [5, 5.41) is 0. The van der Waals surface area contributed by atoms with E-state index in [0.29, 0.717) is 43.3 Å². The van der Waals surface area contributed by atoms with Gasteiger partial charge in [-0.3, -0.25) is 4.79 Å². The quantitative estimate of drug-likeness (QED) is 0.555. The maximum absolute atomic E-state index is 13.2. The SMILES string of the molecule is CC(C1CC1)N(Cc1ccccc1)C(=O)CCc1ccc(S(=O)(=O)N2CCCCC2)cc1. The monoisotopic (exact) mass is 454 g/mol. The van der Waals surface area contributed by atoms with Crippen molar-refractivity contribution in [2.75, 3.05) is 13.1 Å². The lowest BCUT2D eigenvalue weighted by atomic mass is 10.1. The first-order valence-corrected chi connectivity index (χ1v) is 13.3. The zero-order chi connectivity index (χ0) is 22.6. The number of rotatable bonds is 9. The molecule has 0 aromatic heterocycles. The van der Waals surface area contributed by atoms with Gasteiger partial charge in [-0.15, -0.1) is 0 Å². The molecule has 1 heterocycles. The Morgan fingerprint density at radius 2 is 1.62 bits per heavy atom. The summed E-state index contributed by atoms with van der Waals surface area (Å²) >= 11 is 0. The van der Waals surface area contributed by atoms with E-state index in [-0.39, 0.29) is 11.9 Å². The predicted octanol–water partition coefficient (Wildman–Crippen LogP) is 4.62. The zero-order valence-corrected chi connectivity index (χ0v) is 19.8. The lowest BCUT2D eigenvalue weighted by Crippen LogP contribution is -2.39. The molecule has 1 atom stereocenters. The Kier molecular flexibility index (Phi) is 7.31. The normalized spacial score (nSPS) is 18.3. The van der Waals surface area contributed by atoms with Crippen LogP contribution < -0.4 is 0 Å². The van der Waals surface area contributed by atoms with Crippen LogP contribution in [0.25, 0.3) is 0 Å². The Morgan fingerprint density at radius 1 is 0.969 bits per heavy atom. The summed E-state index contributed by atoms with van der Waals surface area (Å²) in [4.78, 5) is 15.5. The maximum Gasteiger partial charge on any atom is 0.243 e. The number of hydrogen-bond donors (Lipinski definition) is 0. The number of benzene rings is 2. The van der Waals surface area contributed by atoms with E-state index in [9.17, 15) is 13.2 Å². The average Bonchev–Trinajstić information content (AvgIpc) is 3.68. The zero-order valence-electron chi connectivity index (χ0n) is 18.9. The van der Waals surface area contributed by atoms with Crippen molar-refractivity contribution in [2.24, 2.45) is 5.92 Å². The number of aryl methyl sites for hydroxylation is 1. The van der Waals surface area contributed by atoms with Crippen molar-refractivity contribution in [1.29, 1.82) is 0 Å². The first kappa shape index (κ1) is 23.0. The number of nitrogens with zero attached hydrogens (tertiary/aromatic N) is 2. The molecule has 5 nitrogen and oxygen atoms in total. The van der Waals surface area contributed by atoms with E-state index in [1.54, 1.807) is 16.4 Å². The van der Waals surface area contributed by atoms with Crippen LogP contribution in [0, 0.1) is 5.92 Å². The lowest BCUT2D eigenvalue weighted by Gasteiger charge is -2.30. The van der Waals surface area contributed by atoms with Crippen molar-refractivity contribution < 1.29 is 13.2 Å². The van der Waals surface area contributed by atoms with Gasteiger partial charge in [0, 0.05) is 32.1 Å². The van der Waals surface area contributed by atoms with Gasteiger partial charge in [0.25, 0.3) is 0 Å². The van der Waals surface area contributed by atoms with Crippen molar-refractivity contribution in [3.63, 3.8) is 0 Å². The van der Waals surface area contributed by atoms with Crippen LogP contribution in [0.2, 0.25) is 0 Å². The van der Waals surface area contributed by atoms with E-state index >= 15 is 0 Å². The minimum absolute atomic E-state index is 0.165. The van der Waals surface area contributed by atoms with E-state index in [0.717, 1.165) is 30.4 Å². The second-order valence-corrected chi connectivity index (χ2v) is 11.1. The van der Waals surface area contributed by atoms with Gasteiger partial charge in [-0.2, -0.15) is 4.31 Å². The fraction of sp³-hybridized carbons (Fsp3) is 0.500. The molecule has 2 aliphatic rings. The minimum Gasteiger partial charge on any atom is -0.335 e. The molecule has 0 radical (unpaired) electrons. The highest BCUT2D eigenvalue weighted by Gasteiger charge is 2.34. The summed E-state index contributed by atoms with van der Waals surface area (Å²) in [5.74, 6) is 0.778. The first-order valence-electron chi connectivity index (χ1n) is 11.9. The third-order valence-electron chi connectivity index (χ3n) is 6.82. The molecule has 1 amide bonds. The molecule has 172 valence electrons. The Bertz CT molecular complexity index is 995. The molecule has 2 aromatic carbocycles. The number of carbonyl (C=O) groups excluding carboxylic acids is 1. The summed E-state index contributed by atoms with van der Waals surface area (Å²) in [6, 6.07) is 17.5. The maximum atomic E-state index is 13.2. The van der Waals surface area contributed by atoms with E-state index in [4.69, 9.17) is 0 Å². The number of carbonyl (C=O) groups is 1. The van der Waals surface area contributed by atoms with Gasteiger partial charge in [0.05, 0.1) is 4.90 Å². The Hall–Kier alpha value is -2.18. The predicted molar refractivity (Wildman–Crippen MR) is 127 cm³/mol. The molecular formula is C26H34N2O3S. The molecule has 1 unspecified atom stereocenters. The third-order valence-corrected chi connectivity index (χ3v) is 8.73. The number of piperidine rings is 1. The molecule has 0 spiro atoms. The number of amides is 1. The fourth-order valence-corrected chi connectivity index (χ4v) is 6.07. The highest BCUT2D eigenvalue weighted by atomic mass is 32.2. The molecule has 4 rings (SSSR count). The molecule has 32 heavy (non-hydrogen) atoms. The molecule has 0 bridgehead atoms. The summed E-state index contributed by atoms with van der Waals surface area (Å²) in [6.07, 6.45) is 6.41. The van der Waals surface area contributed by atoms with Gasteiger partial charge in [-0.25, -0.2) is 8.42 Å². The summed E-state index contributed by atoms with van der Waals surface area (Å²) in [6.45, 7) is 4.02. The van der Waals surface area contributed by atoms with Crippen molar-refractivity contribution in [3.05, 3.63) is 65.7 Å². The van der Waals surface area contributed by atoms with Crippen LogP contribution in [0.4, 0.5) is 0 Å². The van der Waals surface area contributed by atoms with Crippen LogP contribution in [0.3, 0.4) is 0 Å². The molecule has 6 heteroatoms. The van der Waals surface area contributed by atoms with Gasteiger partial charge in [-0.05, 0) is 68.2 Å². The van der Waals surface area contributed by atoms with E-state index < -0.39 is 10.0 Å². The Balaban J connectivity index is 1.38. The van der Waals surface area contributed by atoms with Crippen LogP contribution in [-0.2, 0) is 27.8 Å². The Labute approximate surface area is 192 Å². The Morgan fingerprint density at radius 3 is 2.25 bits per heavy atom. The molecule has 1 saturated carbocycles. The van der Waals surface area contributed by atoms with E-state index in [2.05, 4.69) is 19.1 Å². The second kappa shape index (κ2) is 10.2. The van der Waals surface area contributed by atoms with Crippen LogP contribution >= 0.6 is 0 Å². The van der Waals surface area contributed by atoms with E-state index in [1.165, 1.54) is 12.8 Å². The smallest absolute Gasteiger partial charge is 0.243 e. The number of hydrogen-bond acceptors (Lipinski definition) is 3. The molecular weight excluding hydrogens is 420 g/mol. The van der Waals surface area contributed by atoms with Crippen LogP contribution in [0.1, 0.15) is 56.6 Å². The average molecular weight is 455 g/mol. The second-order valence-electron chi connectivity index (χ2n) is 9.19. The fourth-order valence-electron chi connectivity index (χ4n) is 4.55. The van der Waals surface area contributed by atoms with E-state index in [1.807, 2.05) is 35.2 Å². The molecule has 1 saturated heterocycles. The van der Waals surface area contributed by atoms with Gasteiger partial charge >= 0.3 is 0 Å². The van der Waals surface area contributed by atoms with Gasteiger partial charge in [-0.1, -0.05) is 48.9 Å². The van der Waals surface area contributed by atoms with Crippen molar-refractivity contribution in [3.8, 4) is 0 Å². The van der Waals surface area contributed by atoms with Gasteiger partial charge < -0.3 is 4.90 Å². The third kappa shape index (κ3) is 5.59. The van der Waals surface area contributed by atoms with Crippen molar-refractivity contribution in [2.45, 2.75) is 69.4 Å². The molecule has 2 fully saturated rings. The van der Waals surface area contributed by atoms with Gasteiger partial charge in [0.15, 0.2) is 0 Å². The molecule has 0 N–H and O–H groups in total. The summed E-state index contributed by atoms with van der Waals surface area (Å²) in [5.41, 5.74) is 2.15. The van der Waals surface area contributed by atoms with Gasteiger partial charge in [0.1, 0.15) is 0 Å². The summed E-state index contributed by atoms with van der Waals surface area (Å²) < 4.78 is 27.3. The topological polar surface area (TPSA) is 57.7 Å². The molecule has 1 aliphatic heterocycles. The molecule has 1 aliphatic carbocycles.